The van der Waals surface area contributed by atoms with E-state index in [9.17, 15) is 20.1 Å². The number of rotatable bonds is 2. The van der Waals surface area contributed by atoms with Crippen molar-refractivity contribution in [3.05, 3.63) is 33.3 Å². The molecule has 0 spiro atoms. The Labute approximate surface area is 98.6 Å². The molecule has 17 heavy (non-hydrogen) atoms. The Morgan fingerprint density at radius 1 is 1.59 bits per heavy atom. The summed E-state index contributed by atoms with van der Waals surface area (Å²) < 4.78 is 5.29. The number of nitrogens with zero attached hydrogens (tertiary/aromatic N) is 2. The van der Waals surface area contributed by atoms with Gasteiger partial charge in [-0.2, -0.15) is 0 Å². The standard InChI is InChI=1S/C9H7N2O5S/c1-16-9(12)8-10(13)5-3-2-4-6(11(14)15)7(5)17-8/h2-4,13H,1H3/q+1. The highest BCUT2D eigenvalue weighted by atomic mass is 32.1. The summed E-state index contributed by atoms with van der Waals surface area (Å²) in [7, 11) is 1.17. The van der Waals surface area contributed by atoms with Crippen molar-refractivity contribution in [1.82, 2.24) is 0 Å². The second kappa shape index (κ2) is 3.98. The minimum absolute atomic E-state index is 0.114. The molecule has 7 nitrogen and oxygen atoms in total. The van der Waals surface area contributed by atoms with Crippen molar-refractivity contribution in [3.8, 4) is 0 Å². The summed E-state index contributed by atoms with van der Waals surface area (Å²) >= 11 is 0.808. The molecule has 0 unspecified atom stereocenters. The smallest absolute Gasteiger partial charge is 0.419 e. The van der Waals surface area contributed by atoms with E-state index in [4.69, 9.17) is 0 Å². The highest BCUT2D eigenvalue weighted by Gasteiger charge is 2.32. The molecule has 0 bridgehead atoms. The Morgan fingerprint density at radius 2 is 2.29 bits per heavy atom. The van der Waals surface area contributed by atoms with Crippen molar-refractivity contribution in [2.75, 3.05) is 7.11 Å². The number of nitro benzene ring substituents is 1. The van der Waals surface area contributed by atoms with Gasteiger partial charge in [0.15, 0.2) is 4.70 Å². The molecular weight excluding hydrogens is 248 g/mol. The monoisotopic (exact) mass is 255 g/mol. The topological polar surface area (TPSA) is 93.5 Å². The number of ether oxygens (including phenoxy) is 1. The van der Waals surface area contributed by atoms with Gasteiger partial charge in [-0.3, -0.25) is 15.3 Å². The van der Waals surface area contributed by atoms with Gasteiger partial charge in [-0.25, -0.2) is 4.79 Å². The Bertz CT molecular complexity index is 621. The molecule has 0 aliphatic heterocycles. The fraction of sp³-hybridized carbons (Fsp3) is 0.111. The predicted molar refractivity (Wildman–Crippen MR) is 57.2 cm³/mol. The van der Waals surface area contributed by atoms with Crippen LogP contribution in [0.5, 0.6) is 0 Å². The number of thiazole rings is 1. The SMILES string of the molecule is COC(=O)c1sc2c([N+](=O)[O-])cccc2[n+]1O. The Morgan fingerprint density at radius 3 is 2.88 bits per heavy atom. The molecule has 0 saturated carbocycles. The number of fused-ring (bicyclic) bond motifs is 1. The molecule has 0 amide bonds. The average Bonchev–Trinajstić information content (AvgIpc) is 2.66. The summed E-state index contributed by atoms with van der Waals surface area (Å²) in [6.45, 7) is 0. The normalized spacial score (nSPS) is 10.4. The van der Waals surface area contributed by atoms with Gasteiger partial charge in [0.25, 0.3) is 11.2 Å². The summed E-state index contributed by atoms with van der Waals surface area (Å²) in [5, 5.41) is 20.4. The number of hydrogen-bond acceptors (Lipinski definition) is 6. The molecule has 0 saturated heterocycles. The second-order valence-electron chi connectivity index (χ2n) is 3.09. The predicted octanol–water partition coefficient (Wildman–Crippen LogP) is 1.12. The first kappa shape index (κ1) is 11.3. The Hall–Kier alpha value is -2.22. The molecule has 0 aliphatic rings. The number of benzene rings is 1. The van der Waals surface area contributed by atoms with Crippen LogP contribution in [0.25, 0.3) is 10.2 Å². The number of methoxy groups -OCH3 is 1. The van der Waals surface area contributed by atoms with Crippen LogP contribution >= 0.6 is 11.3 Å². The molecule has 0 radical (unpaired) electrons. The molecular formula is C9H7N2O5S+. The quantitative estimate of drug-likeness (QED) is 0.285. The van der Waals surface area contributed by atoms with Gasteiger partial charge in [0.2, 0.25) is 0 Å². The van der Waals surface area contributed by atoms with Crippen LogP contribution in [0.4, 0.5) is 5.69 Å². The fourth-order valence-electron chi connectivity index (χ4n) is 1.39. The van der Waals surface area contributed by atoms with Gasteiger partial charge < -0.3 is 4.74 Å². The van der Waals surface area contributed by atoms with E-state index in [0.29, 0.717) is 4.73 Å². The van der Waals surface area contributed by atoms with Crippen molar-refractivity contribution in [1.29, 1.82) is 0 Å². The first-order valence-corrected chi connectivity index (χ1v) is 5.27. The summed E-state index contributed by atoms with van der Waals surface area (Å²) in [4.78, 5) is 21.5. The minimum Gasteiger partial charge on any atom is -0.460 e. The molecule has 2 aromatic rings. The number of nitro groups is 1. The largest absolute Gasteiger partial charge is 0.460 e. The summed E-state index contributed by atoms with van der Waals surface area (Å²) in [6, 6.07) is 4.21. The molecule has 1 N–H and O–H groups in total. The van der Waals surface area contributed by atoms with Gasteiger partial charge in [-0.1, -0.05) is 0 Å². The lowest BCUT2D eigenvalue weighted by Gasteiger charge is -1.88. The van der Waals surface area contributed by atoms with Crippen LogP contribution in [0.3, 0.4) is 0 Å². The first-order valence-electron chi connectivity index (χ1n) is 4.45. The van der Waals surface area contributed by atoms with Crippen molar-refractivity contribution in [2.24, 2.45) is 0 Å². The van der Waals surface area contributed by atoms with Gasteiger partial charge in [-0.05, 0) is 17.4 Å². The maximum atomic E-state index is 11.3. The third kappa shape index (κ3) is 1.68. The van der Waals surface area contributed by atoms with Crippen LogP contribution in [0.15, 0.2) is 18.2 Å². The lowest BCUT2D eigenvalue weighted by atomic mass is 10.3. The molecule has 1 aromatic carbocycles. The molecule has 1 heterocycles. The van der Waals surface area contributed by atoms with E-state index in [1.807, 2.05) is 0 Å². The van der Waals surface area contributed by atoms with E-state index in [2.05, 4.69) is 4.74 Å². The van der Waals surface area contributed by atoms with Crippen molar-refractivity contribution in [3.63, 3.8) is 0 Å². The van der Waals surface area contributed by atoms with E-state index < -0.39 is 10.9 Å². The number of esters is 1. The van der Waals surface area contributed by atoms with Gasteiger partial charge in [0.1, 0.15) is 0 Å². The molecule has 88 valence electrons. The van der Waals surface area contributed by atoms with E-state index >= 15 is 0 Å². The molecule has 0 atom stereocenters. The highest BCUT2D eigenvalue weighted by Crippen LogP contribution is 2.29. The van der Waals surface area contributed by atoms with Crippen LogP contribution in [0.2, 0.25) is 0 Å². The molecule has 0 aliphatic carbocycles. The average molecular weight is 255 g/mol. The maximum absolute atomic E-state index is 11.3. The number of carbonyl (C=O) groups excluding carboxylic acids is 1. The highest BCUT2D eigenvalue weighted by molar-refractivity contribution is 7.20. The van der Waals surface area contributed by atoms with Crippen LogP contribution in [-0.2, 0) is 4.74 Å². The van der Waals surface area contributed by atoms with Gasteiger partial charge >= 0.3 is 11.0 Å². The van der Waals surface area contributed by atoms with Gasteiger partial charge in [0.05, 0.1) is 12.0 Å². The van der Waals surface area contributed by atoms with E-state index in [-0.39, 0.29) is 20.9 Å². The summed E-state index contributed by atoms with van der Waals surface area (Å²) in [6.07, 6.45) is 0. The van der Waals surface area contributed by atoms with Crippen LogP contribution in [-0.4, -0.2) is 23.2 Å². The summed E-state index contributed by atoms with van der Waals surface area (Å²) in [5.74, 6) is -0.747. The second-order valence-corrected chi connectivity index (χ2v) is 4.09. The number of carbonyl (C=O) groups is 1. The maximum Gasteiger partial charge on any atom is 0.419 e. The van der Waals surface area contributed by atoms with Crippen molar-refractivity contribution >= 4 is 33.2 Å². The minimum atomic E-state index is -0.747. The van der Waals surface area contributed by atoms with Crippen molar-refractivity contribution in [2.45, 2.75) is 0 Å². The Balaban J connectivity index is 2.77. The van der Waals surface area contributed by atoms with E-state index in [0.717, 1.165) is 11.3 Å². The van der Waals surface area contributed by atoms with Crippen LogP contribution < -0.4 is 4.73 Å². The number of hydrogen-bond donors (Lipinski definition) is 1. The molecule has 1 aromatic heterocycles. The van der Waals surface area contributed by atoms with Gasteiger partial charge in [-0.15, -0.1) is 0 Å². The molecule has 0 fully saturated rings. The molecule has 8 heteroatoms. The van der Waals surface area contributed by atoms with Crippen LogP contribution in [0.1, 0.15) is 9.80 Å². The Kier molecular flexibility index (Phi) is 2.64. The lowest BCUT2D eigenvalue weighted by Crippen LogP contribution is -2.35. The third-order valence-electron chi connectivity index (χ3n) is 2.15. The zero-order valence-corrected chi connectivity index (χ0v) is 9.43. The van der Waals surface area contributed by atoms with Crippen LogP contribution in [0, 0.1) is 10.1 Å². The number of non-ortho nitro benzene ring substituents is 1. The lowest BCUT2D eigenvalue weighted by molar-refractivity contribution is -0.883. The molecule has 2 rings (SSSR count). The summed E-state index contributed by atoms with van der Waals surface area (Å²) in [5.41, 5.74) is 0.0371. The zero-order valence-electron chi connectivity index (χ0n) is 8.61. The van der Waals surface area contributed by atoms with Gasteiger partial charge in [0, 0.05) is 16.9 Å². The fourth-order valence-corrected chi connectivity index (χ4v) is 2.44. The third-order valence-corrected chi connectivity index (χ3v) is 3.30. The van der Waals surface area contributed by atoms with Crippen molar-refractivity contribution < 1.29 is 24.4 Å². The zero-order chi connectivity index (χ0) is 12.6. The first-order chi connectivity index (χ1) is 8.06. The van der Waals surface area contributed by atoms with E-state index in [1.165, 1.54) is 25.3 Å². The number of aromatic nitrogens is 1. The van der Waals surface area contributed by atoms with E-state index in [1.54, 1.807) is 0 Å².